The van der Waals surface area contributed by atoms with Gasteiger partial charge in [-0.1, -0.05) is 42.6 Å². The second-order valence-corrected chi connectivity index (χ2v) is 3.54. The van der Waals surface area contributed by atoms with Crippen molar-refractivity contribution in [1.29, 1.82) is 0 Å². The quantitative estimate of drug-likeness (QED) is 0.690. The molecule has 0 N–H and O–H groups in total. The lowest BCUT2D eigenvalue weighted by Crippen LogP contribution is -1.85. The fraction of sp³-hybridized carbons (Fsp3) is 0.300. The average molecular weight is 202 g/mol. The fourth-order valence-corrected chi connectivity index (χ4v) is 1.54. The first-order valence-corrected chi connectivity index (χ1v) is 4.73. The third-order valence-electron chi connectivity index (χ3n) is 1.71. The molecule has 0 aliphatic rings. The van der Waals surface area contributed by atoms with Gasteiger partial charge in [0.1, 0.15) is 0 Å². The van der Waals surface area contributed by atoms with E-state index in [4.69, 9.17) is 23.2 Å². The number of hydrogen-bond donors (Lipinski definition) is 0. The second kappa shape index (κ2) is 4.74. The summed E-state index contributed by atoms with van der Waals surface area (Å²) in [7, 11) is 0. The summed E-state index contributed by atoms with van der Waals surface area (Å²) in [5, 5.41) is 1.45. The Kier molecular flexibility index (Phi) is 3.90. The van der Waals surface area contributed by atoms with Crippen LogP contribution in [0.1, 0.15) is 18.4 Å². The van der Waals surface area contributed by atoms with E-state index in [0.717, 1.165) is 29.8 Å². The molecule has 0 nitrogen and oxygen atoms in total. The molecule has 1 radical (unpaired) electrons. The van der Waals surface area contributed by atoms with Crippen molar-refractivity contribution >= 4 is 23.2 Å². The lowest BCUT2D eigenvalue weighted by molar-refractivity contribution is 0.841. The number of benzene rings is 1. The van der Waals surface area contributed by atoms with Crippen LogP contribution < -0.4 is 0 Å². The van der Waals surface area contributed by atoms with Crippen LogP contribution in [-0.2, 0) is 6.42 Å². The number of unbranched alkanes of at least 4 members (excludes halogenated alkanes) is 1. The molecule has 0 saturated carbocycles. The Bertz CT molecular complexity index is 256. The van der Waals surface area contributed by atoms with Crippen LogP contribution in [0.5, 0.6) is 0 Å². The van der Waals surface area contributed by atoms with Crippen LogP contribution in [-0.4, -0.2) is 0 Å². The van der Waals surface area contributed by atoms with Crippen molar-refractivity contribution in [3.63, 3.8) is 0 Å². The first-order valence-electron chi connectivity index (χ1n) is 3.97. The Labute approximate surface area is 83.5 Å². The van der Waals surface area contributed by atoms with Gasteiger partial charge in [0.05, 0.1) is 0 Å². The highest BCUT2D eigenvalue weighted by Crippen LogP contribution is 2.22. The molecule has 0 aliphatic heterocycles. The summed E-state index contributed by atoms with van der Waals surface area (Å²) in [6, 6.07) is 5.62. The van der Waals surface area contributed by atoms with Crippen LogP contribution >= 0.6 is 23.2 Å². The standard InChI is InChI=1S/C10H11Cl2/c1-2-3-4-8-5-6-9(11)7-10(8)12/h5-7H,1-4H2. The molecule has 0 bridgehead atoms. The Morgan fingerprint density at radius 1 is 1.25 bits per heavy atom. The molecule has 2 heteroatoms. The van der Waals surface area contributed by atoms with E-state index >= 15 is 0 Å². The normalized spacial score (nSPS) is 10.2. The van der Waals surface area contributed by atoms with Gasteiger partial charge >= 0.3 is 0 Å². The molecule has 65 valence electrons. The minimum Gasteiger partial charge on any atom is -0.0843 e. The molecule has 0 atom stereocenters. The number of halogens is 2. The van der Waals surface area contributed by atoms with Crippen molar-refractivity contribution in [2.24, 2.45) is 0 Å². The summed E-state index contributed by atoms with van der Waals surface area (Å²) < 4.78 is 0. The second-order valence-electron chi connectivity index (χ2n) is 2.69. The van der Waals surface area contributed by atoms with Crippen LogP contribution in [0.25, 0.3) is 0 Å². The van der Waals surface area contributed by atoms with Crippen LogP contribution in [0, 0.1) is 6.92 Å². The van der Waals surface area contributed by atoms with E-state index in [1.807, 2.05) is 12.1 Å². The Hall–Kier alpha value is -0.200. The van der Waals surface area contributed by atoms with Gasteiger partial charge in [0.2, 0.25) is 0 Å². The summed E-state index contributed by atoms with van der Waals surface area (Å²) in [5.74, 6) is 0. The first kappa shape index (κ1) is 9.88. The minimum absolute atomic E-state index is 0.693. The molecule has 0 saturated heterocycles. The van der Waals surface area contributed by atoms with E-state index in [9.17, 15) is 0 Å². The molecule has 0 unspecified atom stereocenters. The monoisotopic (exact) mass is 201 g/mol. The van der Waals surface area contributed by atoms with E-state index in [1.54, 1.807) is 6.07 Å². The van der Waals surface area contributed by atoms with Gasteiger partial charge in [-0.15, -0.1) is 0 Å². The first-order chi connectivity index (χ1) is 5.74. The van der Waals surface area contributed by atoms with Crippen molar-refractivity contribution in [3.05, 3.63) is 40.7 Å². The van der Waals surface area contributed by atoms with Gasteiger partial charge in [0, 0.05) is 10.0 Å². The van der Waals surface area contributed by atoms with Crippen LogP contribution in [0.2, 0.25) is 10.0 Å². The highest BCUT2D eigenvalue weighted by atomic mass is 35.5. The predicted octanol–water partition coefficient (Wildman–Crippen LogP) is 4.15. The molecule has 0 heterocycles. The molecular formula is C10H11Cl2. The van der Waals surface area contributed by atoms with E-state index in [1.165, 1.54) is 0 Å². The maximum Gasteiger partial charge on any atom is 0.0452 e. The van der Waals surface area contributed by atoms with Gasteiger partial charge in [-0.2, -0.15) is 0 Å². The van der Waals surface area contributed by atoms with E-state index < -0.39 is 0 Å². The molecule has 0 amide bonds. The summed E-state index contributed by atoms with van der Waals surface area (Å²) in [5.41, 5.74) is 1.16. The van der Waals surface area contributed by atoms with Gasteiger partial charge in [-0.05, 0) is 30.5 Å². The molecular weight excluding hydrogens is 191 g/mol. The maximum atomic E-state index is 5.96. The van der Waals surface area contributed by atoms with Crippen LogP contribution in [0.15, 0.2) is 18.2 Å². The average Bonchev–Trinajstić information content (AvgIpc) is 2.03. The van der Waals surface area contributed by atoms with Crippen molar-refractivity contribution < 1.29 is 0 Å². The van der Waals surface area contributed by atoms with Gasteiger partial charge in [0.25, 0.3) is 0 Å². The molecule has 1 rings (SSSR count). The lowest BCUT2D eigenvalue weighted by atomic mass is 10.1. The molecule has 0 aliphatic carbocycles. The molecule has 0 spiro atoms. The lowest BCUT2D eigenvalue weighted by Gasteiger charge is -2.02. The number of hydrogen-bond acceptors (Lipinski definition) is 0. The predicted molar refractivity (Wildman–Crippen MR) is 54.8 cm³/mol. The third-order valence-corrected chi connectivity index (χ3v) is 2.30. The van der Waals surface area contributed by atoms with Crippen LogP contribution in [0.4, 0.5) is 0 Å². The van der Waals surface area contributed by atoms with E-state index in [-0.39, 0.29) is 0 Å². The Morgan fingerprint density at radius 2 is 2.00 bits per heavy atom. The van der Waals surface area contributed by atoms with Gasteiger partial charge in [-0.3, -0.25) is 0 Å². The van der Waals surface area contributed by atoms with Gasteiger partial charge < -0.3 is 0 Å². The Balaban J connectivity index is 2.72. The summed E-state index contributed by atoms with van der Waals surface area (Å²) >= 11 is 11.7. The highest BCUT2D eigenvalue weighted by molar-refractivity contribution is 6.35. The zero-order valence-electron chi connectivity index (χ0n) is 6.82. The van der Waals surface area contributed by atoms with Gasteiger partial charge in [0.15, 0.2) is 0 Å². The molecule has 1 aromatic carbocycles. The maximum absolute atomic E-state index is 5.96. The SMILES string of the molecule is [CH2]CCCc1ccc(Cl)cc1Cl. The van der Waals surface area contributed by atoms with Crippen LogP contribution in [0.3, 0.4) is 0 Å². The van der Waals surface area contributed by atoms with Crippen molar-refractivity contribution in [3.8, 4) is 0 Å². The summed E-state index contributed by atoms with van der Waals surface area (Å²) in [6.45, 7) is 3.78. The number of aryl methyl sites for hydroxylation is 1. The highest BCUT2D eigenvalue weighted by Gasteiger charge is 1.99. The summed E-state index contributed by atoms with van der Waals surface area (Å²) in [4.78, 5) is 0. The molecule has 12 heavy (non-hydrogen) atoms. The van der Waals surface area contributed by atoms with E-state index in [2.05, 4.69) is 6.92 Å². The minimum atomic E-state index is 0.693. The fourth-order valence-electron chi connectivity index (χ4n) is 1.04. The van der Waals surface area contributed by atoms with Crippen molar-refractivity contribution in [2.45, 2.75) is 19.3 Å². The number of rotatable bonds is 3. The topological polar surface area (TPSA) is 0 Å². The van der Waals surface area contributed by atoms with Crippen molar-refractivity contribution in [1.82, 2.24) is 0 Å². The molecule has 1 aromatic rings. The third kappa shape index (κ3) is 2.69. The summed E-state index contributed by atoms with van der Waals surface area (Å²) in [6.07, 6.45) is 3.00. The van der Waals surface area contributed by atoms with Gasteiger partial charge in [-0.25, -0.2) is 0 Å². The zero-order valence-corrected chi connectivity index (χ0v) is 8.33. The largest absolute Gasteiger partial charge is 0.0843 e. The zero-order chi connectivity index (χ0) is 8.97. The van der Waals surface area contributed by atoms with Crippen molar-refractivity contribution in [2.75, 3.05) is 0 Å². The smallest absolute Gasteiger partial charge is 0.0452 e. The molecule has 0 fully saturated rings. The van der Waals surface area contributed by atoms with E-state index in [0.29, 0.717) is 5.02 Å². The molecule has 0 aromatic heterocycles. The Morgan fingerprint density at radius 3 is 2.58 bits per heavy atom.